The van der Waals surface area contributed by atoms with E-state index in [0.29, 0.717) is 12.8 Å². The van der Waals surface area contributed by atoms with Gasteiger partial charge in [0, 0.05) is 20.1 Å². The predicted molar refractivity (Wildman–Crippen MR) is 128 cm³/mol. The fraction of sp³-hybridized carbons (Fsp3) is 0.696. The van der Waals surface area contributed by atoms with Crippen molar-refractivity contribution in [2.24, 2.45) is 11.8 Å². The number of hydrogen-bond donors (Lipinski definition) is 2. The summed E-state index contributed by atoms with van der Waals surface area (Å²) in [4.78, 5) is 70.8. The van der Waals surface area contributed by atoms with E-state index in [1.165, 1.54) is 14.4 Å². The zero-order valence-electron chi connectivity index (χ0n) is 20.7. The zero-order chi connectivity index (χ0) is 25.4. The number of urea groups is 1. The number of H-pyrrole nitrogens is 1. The Morgan fingerprint density at radius 2 is 1.68 bits per heavy atom. The summed E-state index contributed by atoms with van der Waals surface area (Å²) in [5.41, 5.74) is 3.76. The lowest BCUT2D eigenvalue weighted by molar-refractivity contribution is -0.136. The predicted octanol–water partition coefficient (Wildman–Crippen LogP) is 1.36. The first-order valence-corrected chi connectivity index (χ1v) is 11.9. The van der Waals surface area contributed by atoms with Crippen molar-refractivity contribution in [3.05, 3.63) is 20.8 Å². The largest absolute Gasteiger partial charge is 0.383 e. The Morgan fingerprint density at radius 1 is 1.06 bits per heavy atom. The van der Waals surface area contributed by atoms with Crippen LogP contribution in [0.4, 0.5) is 16.3 Å². The summed E-state index contributed by atoms with van der Waals surface area (Å²) >= 11 is 0. The normalized spacial score (nSPS) is 18.0. The van der Waals surface area contributed by atoms with Crippen LogP contribution in [-0.4, -0.2) is 62.9 Å². The lowest BCUT2D eigenvalue weighted by Gasteiger charge is -2.35. The molecule has 2 aliphatic rings. The Labute approximate surface area is 198 Å². The quantitative estimate of drug-likeness (QED) is 0.569. The number of carbonyl (C=O) groups excluding carboxylic acids is 3. The second-order valence-corrected chi connectivity index (χ2v) is 10.2. The summed E-state index contributed by atoms with van der Waals surface area (Å²) in [5, 5.41) is 0. The van der Waals surface area contributed by atoms with E-state index in [1.807, 2.05) is 27.7 Å². The van der Waals surface area contributed by atoms with Crippen LogP contribution in [0.25, 0.3) is 0 Å². The number of anilines is 2. The Hall–Kier alpha value is -3.11. The molecular weight excluding hydrogens is 440 g/mol. The number of amides is 4. The van der Waals surface area contributed by atoms with Crippen molar-refractivity contribution in [2.45, 2.75) is 71.9 Å². The fourth-order valence-corrected chi connectivity index (χ4v) is 4.96. The summed E-state index contributed by atoms with van der Waals surface area (Å²) < 4.78 is 1.24. The van der Waals surface area contributed by atoms with Crippen molar-refractivity contribution in [3.8, 4) is 0 Å². The maximum absolute atomic E-state index is 13.5. The number of likely N-dealkylation sites (N-methyl/N-ethyl adjacent to an activating group) is 1. The maximum Gasteiger partial charge on any atom is 0.330 e. The molecule has 2 heterocycles. The molecule has 11 heteroatoms. The van der Waals surface area contributed by atoms with Gasteiger partial charge in [-0.05, 0) is 24.7 Å². The van der Waals surface area contributed by atoms with Gasteiger partial charge in [0.05, 0.1) is 0 Å². The first-order valence-electron chi connectivity index (χ1n) is 11.9. The van der Waals surface area contributed by atoms with Crippen molar-refractivity contribution in [2.75, 3.05) is 30.8 Å². The molecule has 2 fully saturated rings. The van der Waals surface area contributed by atoms with E-state index < -0.39 is 35.3 Å². The highest BCUT2D eigenvalue weighted by atomic mass is 16.2. The van der Waals surface area contributed by atoms with Gasteiger partial charge in [0.25, 0.3) is 11.5 Å². The molecule has 1 aromatic rings. The third-order valence-electron chi connectivity index (χ3n) is 6.66. The van der Waals surface area contributed by atoms with Crippen LogP contribution in [0.15, 0.2) is 9.59 Å². The van der Waals surface area contributed by atoms with E-state index in [4.69, 9.17) is 5.73 Å². The second kappa shape index (κ2) is 9.63. The Kier molecular flexibility index (Phi) is 7.23. The van der Waals surface area contributed by atoms with Crippen LogP contribution in [0, 0.1) is 11.8 Å². The minimum atomic E-state index is -0.903. The molecule has 188 valence electrons. The third-order valence-corrected chi connectivity index (χ3v) is 6.66. The molecule has 0 radical (unpaired) electrons. The molecule has 11 nitrogen and oxygen atoms in total. The third kappa shape index (κ3) is 4.47. The number of rotatable bonds is 7. The highest BCUT2D eigenvalue weighted by molar-refractivity contribution is 6.10. The van der Waals surface area contributed by atoms with Gasteiger partial charge in [0.2, 0.25) is 5.91 Å². The SMILES string of the molecule is CC(C)CN(C(=O)CN1C(=O)N(C)C2(CCCCC2)C1=O)c1c(N)n(CC(C)C)c(=O)[nH]c1=O. The number of nitrogens with one attached hydrogen (secondary N) is 1. The van der Waals surface area contributed by atoms with Crippen molar-refractivity contribution < 1.29 is 14.4 Å². The molecule has 1 spiro atoms. The van der Waals surface area contributed by atoms with Crippen LogP contribution in [0.1, 0.15) is 59.8 Å². The highest BCUT2D eigenvalue weighted by Crippen LogP contribution is 2.39. The van der Waals surface area contributed by atoms with E-state index in [9.17, 15) is 24.0 Å². The molecule has 1 saturated heterocycles. The van der Waals surface area contributed by atoms with Gasteiger partial charge in [0.1, 0.15) is 17.9 Å². The number of hydrogen-bond acceptors (Lipinski definition) is 6. The number of nitrogen functional groups attached to an aromatic ring is 1. The van der Waals surface area contributed by atoms with Gasteiger partial charge in [-0.3, -0.25) is 28.8 Å². The van der Waals surface area contributed by atoms with Gasteiger partial charge >= 0.3 is 11.7 Å². The molecule has 34 heavy (non-hydrogen) atoms. The topological polar surface area (TPSA) is 142 Å². The van der Waals surface area contributed by atoms with Gasteiger partial charge in [-0.15, -0.1) is 0 Å². The second-order valence-electron chi connectivity index (χ2n) is 10.2. The number of imide groups is 1. The first-order chi connectivity index (χ1) is 15.9. The average Bonchev–Trinajstić information content (AvgIpc) is 2.92. The minimum Gasteiger partial charge on any atom is -0.383 e. The lowest BCUT2D eigenvalue weighted by Crippen LogP contribution is -2.50. The summed E-state index contributed by atoms with van der Waals surface area (Å²) in [6, 6.07) is -0.517. The van der Waals surface area contributed by atoms with Gasteiger partial charge in [-0.1, -0.05) is 47.0 Å². The smallest absolute Gasteiger partial charge is 0.330 e. The highest BCUT2D eigenvalue weighted by Gasteiger charge is 2.56. The molecule has 0 unspecified atom stereocenters. The van der Waals surface area contributed by atoms with Crippen molar-refractivity contribution in [3.63, 3.8) is 0 Å². The molecule has 1 aliphatic carbocycles. The number of nitrogens with two attached hydrogens (primary N) is 1. The number of nitrogens with zero attached hydrogens (tertiary/aromatic N) is 4. The molecule has 0 atom stereocenters. The van der Waals surface area contributed by atoms with E-state index in [-0.39, 0.29) is 42.3 Å². The van der Waals surface area contributed by atoms with Crippen LogP contribution >= 0.6 is 0 Å². The zero-order valence-corrected chi connectivity index (χ0v) is 20.7. The molecule has 1 saturated carbocycles. The summed E-state index contributed by atoms with van der Waals surface area (Å²) in [6.07, 6.45) is 3.83. The standard InChI is InChI=1S/C23H36N6O5/c1-14(2)11-27(17-18(24)28(12-15(3)4)21(33)25-19(17)31)16(30)13-29-20(32)23(26(5)22(29)34)9-7-6-8-10-23/h14-15H,6-13,24H2,1-5H3,(H,25,31,33). The van der Waals surface area contributed by atoms with E-state index in [1.54, 1.807) is 7.05 Å². The van der Waals surface area contributed by atoms with Crippen molar-refractivity contribution in [1.82, 2.24) is 19.4 Å². The molecule has 1 aliphatic heterocycles. The average molecular weight is 477 g/mol. The lowest BCUT2D eigenvalue weighted by atomic mass is 9.81. The summed E-state index contributed by atoms with van der Waals surface area (Å²) in [5.74, 6) is -1.08. The van der Waals surface area contributed by atoms with Crippen molar-refractivity contribution >= 4 is 29.4 Å². The molecular formula is C23H36N6O5. The number of carbonyl (C=O) groups is 3. The number of aromatic nitrogens is 2. The van der Waals surface area contributed by atoms with Gasteiger partial charge < -0.3 is 15.5 Å². The molecule has 3 N–H and O–H groups in total. The van der Waals surface area contributed by atoms with E-state index in [2.05, 4.69) is 4.98 Å². The summed E-state index contributed by atoms with van der Waals surface area (Å²) in [7, 11) is 1.60. The Morgan fingerprint density at radius 3 is 2.24 bits per heavy atom. The maximum atomic E-state index is 13.5. The van der Waals surface area contributed by atoms with Gasteiger partial charge in [-0.25, -0.2) is 9.59 Å². The first kappa shape index (κ1) is 25.5. The molecule has 4 amide bonds. The Bertz CT molecular complexity index is 1080. The summed E-state index contributed by atoms with van der Waals surface area (Å²) in [6.45, 7) is 7.42. The molecule has 0 aromatic carbocycles. The van der Waals surface area contributed by atoms with E-state index >= 15 is 0 Å². The van der Waals surface area contributed by atoms with E-state index in [0.717, 1.165) is 24.2 Å². The molecule has 3 rings (SSSR count). The minimum absolute atomic E-state index is 0.0504. The Balaban J connectivity index is 1.98. The monoisotopic (exact) mass is 476 g/mol. The van der Waals surface area contributed by atoms with Crippen LogP contribution in [0.3, 0.4) is 0 Å². The van der Waals surface area contributed by atoms with Crippen molar-refractivity contribution in [1.29, 1.82) is 0 Å². The van der Waals surface area contributed by atoms with Crippen LogP contribution in [0.5, 0.6) is 0 Å². The van der Waals surface area contributed by atoms with Crippen LogP contribution < -0.4 is 21.9 Å². The van der Waals surface area contributed by atoms with Crippen LogP contribution in [-0.2, 0) is 16.1 Å². The van der Waals surface area contributed by atoms with Gasteiger partial charge in [0.15, 0.2) is 5.69 Å². The molecule has 1 aromatic heterocycles. The number of aromatic amines is 1. The fourth-order valence-electron chi connectivity index (χ4n) is 4.96. The van der Waals surface area contributed by atoms with Gasteiger partial charge in [-0.2, -0.15) is 0 Å². The molecule has 0 bridgehead atoms. The van der Waals surface area contributed by atoms with Crippen LogP contribution in [0.2, 0.25) is 0 Å².